The molecule has 1 aromatic rings. The van der Waals surface area contributed by atoms with Crippen LogP contribution in [0.2, 0.25) is 0 Å². The highest BCUT2D eigenvalue weighted by Crippen LogP contribution is 2.35. The zero-order valence-electron chi connectivity index (χ0n) is 10.2. The van der Waals surface area contributed by atoms with E-state index in [4.69, 9.17) is 9.84 Å². The number of carbonyl (C=O) groups is 1. The van der Waals surface area contributed by atoms with E-state index in [1.165, 1.54) is 0 Å². The fourth-order valence-electron chi connectivity index (χ4n) is 2.15. The highest BCUT2D eigenvalue weighted by Gasteiger charge is 2.28. The summed E-state index contributed by atoms with van der Waals surface area (Å²) in [5.41, 5.74) is 0.898. The molecule has 98 valence electrons. The molecule has 0 saturated carbocycles. The highest BCUT2D eigenvalue weighted by molar-refractivity contribution is 5.73. The van der Waals surface area contributed by atoms with Crippen LogP contribution in [0.15, 0.2) is 18.2 Å². The normalized spacial score (nSPS) is 19.1. The summed E-state index contributed by atoms with van der Waals surface area (Å²) in [6.45, 7) is 2.35. The molecule has 2 rings (SSSR count). The van der Waals surface area contributed by atoms with Crippen molar-refractivity contribution < 1.29 is 19.7 Å². The van der Waals surface area contributed by atoms with Crippen molar-refractivity contribution in [2.75, 3.05) is 6.61 Å². The van der Waals surface area contributed by atoms with Gasteiger partial charge in [0.15, 0.2) is 0 Å². The van der Waals surface area contributed by atoms with Crippen LogP contribution in [0.3, 0.4) is 0 Å². The van der Waals surface area contributed by atoms with Crippen LogP contribution in [-0.2, 0) is 4.79 Å². The van der Waals surface area contributed by atoms with Crippen LogP contribution in [0.25, 0.3) is 0 Å². The minimum Gasteiger partial charge on any atom is -0.508 e. The summed E-state index contributed by atoms with van der Waals surface area (Å²) in [6, 6.07) is 4.20. The third-order valence-corrected chi connectivity index (χ3v) is 3.06. The number of aromatic hydroxyl groups is 1. The molecule has 0 aliphatic carbocycles. The van der Waals surface area contributed by atoms with Gasteiger partial charge in [-0.2, -0.15) is 0 Å². The fourth-order valence-corrected chi connectivity index (χ4v) is 2.15. The number of phenolic OH excluding ortho intramolecular Hbond substituents is 1. The smallest absolute Gasteiger partial charge is 0.320 e. The lowest BCUT2D eigenvalue weighted by Gasteiger charge is -2.18. The predicted molar refractivity (Wildman–Crippen MR) is 65.8 cm³/mol. The van der Waals surface area contributed by atoms with Crippen LogP contribution < -0.4 is 10.1 Å². The van der Waals surface area contributed by atoms with Crippen molar-refractivity contribution in [3.63, 3.8) is 0 Å². The molecule has 5 nitrogen and oxygen atoms in total. The molecule has 1 heterocycles. The van der Waals surface area contributed by atoms with E-state index in [1.807, 2.05) is 6.92 Å². The Morgan fingerprint density at radius 3 is 3.06 bits per heavy atom. The molecular formula is C13H17NO4. The SMILES string of the molecule is CCCC(NC1COc2cc(O)ccc21)C(=O)O. The molecule has 2 unspecified atom stereocenters. The zero-order valence-corrected chi connectivity index (χ0v) is 10.2. The van der Waals surface area contributed by atoms with Gasteiger partial charge < -0.3 is 14.9 Å². The van der Waals surface area contributed by atoms with E-state index in [0.29, 0.717) is 18.8 Å². The summed E-state index contributed by atoms with van der Waals surface area (Å²) in [7, 11) is 0. The largest absolute Gasteiger partial charge is 0.508 e. The summed E-state index contributed by atoms with van der Waals surface area (Å²) in [5.74, 6) is -0.0741. The van der Waals surface area contributed by atoms with Crippen molar-refractivity contribution in [2.24, 2.45) is 0 Å². The number of carboxylic acids is 1. The lowest BCUT2D eigenvalue weighted by Crippen LogP contribution is -2.39. The molecule has 18 heavy (non-hydrogen) atoms. The molecule has 0 aromatic heterocycles. The molecule has 1 aliphatic heterocycles. The molecule has 3 N–H and O–H groups in total. The van der Waals surface area contributed by atoms with Gasteiger partial charge in [-0.3, -0.25) is 10.1 Å². The Kier molecular flexibility index (Phi) is 3.72. The number of rotatable bonds is 5. The van der Waals surface area contributed by atoms with Gasteiger partial charge in [0.2, 0.25) is 0 Å². The summed E-state index contributed by atoms with van der Waals surface area (Å²) in [6.07, 6.45) is 1.39. The second-order valence-corrected chi connectivity index (χ2v) is 4.43. The summed E-state index contributed by atoms with van der Waals surface area (Å²) >= 11 is 0. The van der Waals surface area contributed by atoms with Crippen molar-refractivity contribution in [3.8, 4) is 11.5 Å². The molecule has 0 amide bonds. The van der Waals surface area contributed by atoms with Crippen LogP contribution >= 0.6 is 0 Å². The maximum atomic E-state index is 11.1. The van der Waals surface area contributed by atoms with E-state index in [1.54, 1.807) is 18.2 Å². The molecule has 2 atom stereocenters. The van der Waals surface area contributed by atoms with Crippen molar-refractivity contribution >= 4 is 5.97 Å². The number of fused-ring (bicyclic) bond motifs is 1. The predicted octanol–water partition coefficient (Wildman–Crippen LogP) is 1.67. The van der Waals surface area contributed by atoms with E-state index in [9.17, 15) is 9.90 Å². The quantitative estimate of drug-likeness (QED) is 0.742. The number of carboxylic acid groups (broad SMARTS) is 1. The van der Waals surface area contributed by atoms with E-state index < -0.39 is 12.0 Å². The Balaban J connectivity index is 2.11. The standard InChI is InChI=1S/C13H17NO4/c1-2-3-10(13(16)17)14-11-7-18-12-6-8(15)4-5-9(11)12/h4-6,10-11,14-15H,2-3,7H2,1H3,(H,16,17). The second-order valence-electron chi connectivity index (χ2n) is 4.43. The van der Waals surface area contributed by atoms with Crippen LogP contribution in [0, 0.1) is 0 Å². The van der Waals surface area contributed by atoms with Crippen LogP contribution in [0.1, 0.15) is 31.4 Å². The molecule has 0 radical (unpaired) electrons. The molecule has 5 heteroatoms. The van der Waals surface area contributed by atoms with Gasteiger partial charge in [0.25, 0.3) is 0 Å². The van der Waals surface area contributed by atoms with E-state index >= 15 is 0 Å². The average Bonchev–Trinajstić information content (AvgIpc) is 2.71. The van der Waals surface area contributed by atoms with Gasteiger partial charge in [-0.15, -0.1) is 0 Å². The van der Waals surface area contributed by atoms with Crippen molar-refractivity contribution in [3.05, 3.63) is 23.8 Å². The zero-order chi connectivity index (χ0) is 13.1. The number of benzene rings is 1. The highest BCUT2D eigenvalue weighted by atomic mass is 16.5. The van der Waals surface area contributed by atoms with Crippen molar-refractivity contribution in [1.29, 1.82) is 0 Å². The number of ether oxygens (including phenoxy) is 1. The van der Waals surface area contributed by atoms with E-state index in [0.717, 1.165) is 12.0 Å². The van der Waals surface area contributed by atoms with Gasteiger partial charge in [-0.1, -0.05) is 13.3 Å². The fraction of sp³-hybridized carbons (Fsp3) is 0.462. The first-order chi connectivity index (χ1) is 8.61. The first-order valence-corrected chi connectivity index (χ1v) is 6.06. The minimum absolute atomic E-state index is 0.131. The second kappa shape index (κ2) is 5.27. The maximum absolute atomic E-state index is 11.1. The van der Waals surface area contributed by atoms with Crippen LogP contribution in [0.5, 0.6) is 11.5 Å². The third kappa shape index (κ3) is 2.56. The summed E-state index contributed by atoms with van der Waals surface area (Å²) < 4.78 is 5.44. The Hall–Kier alpha value is -1.75. The Morgan fingerprint density at radius 2 is 2.39 bits per heavy atom. The maximum Gasteiger partial charge on any atom is 0.320 e. The molecular weight excluding hydrogens is 234 g/mol. The van der Waals surface area contributed by atoms with E-state index in [2.05, 4.69) is 5.32 Å². The lowest BCUT2D eigenvalue weighted by atomic mass is 10.1. The molecule has 1 aromatic carbocycles. The topological polar surface area (TPSA) is 78.8 Å². The van der Waals surface area contributed by atoms with Gasteiger partial charge in [-0.05, 0) is 18.6 Å². The number of hydrogen-bond donors (Lipinski definition) is 3. The Labute approximate surface area is 105 Å². The Bertz CT molecular complexity index is 447. The van der Waals surface area contributed by atoms with Crippen LogP contribution in [-0.4, -0.2) is 28.8 Å². The van der Waals surface area contributed by atoms with Crippen molar-refractivity contribution in [2.45, 2.75) is 31.8 Å². The number of hydrogen-bond acceptors (Lipinski definition) is 4. The molecule has 0 bridgehead atoms. The molecule has 0 saturated heterocycles. The summed E-state index contributed by atoms with van der Waals surface area (Å²) in [4.78, 5) is 11.1. The van der Waals surface area contributed by atoms with Gasteiger partial charge in [0, 0.05) is 11.6 Å². The molecule has 0 spiro atoms. The van der Waals surface area contributed by atoms with Crippen LogP contribution in [0.4, 0.5) is 0 Å². The number of phenols is 1. The van der Waals surface area contributed by atoms with Crippen molar-refractivity contribution in [1.82, 2.24) is 5.32 Å². The van der Waals surface area contributed by atoms with Gasteiger partial charge in [-0.25, -0.2) is 0 Å². The lowest BCUT2D eigenvalue weighted by molar-refractivity contribution is -0.139. The van der Waals surface area contributed by atoms with E-state index in [-0.39, 0.29) is 11.8 Å². The first kappa shape index (κ1) is 12.7. The van der Waals surface area contributed by atoms with Gasteiger partial charge in [0.05, 0.1) is 6.04 Å². The average molecular weight is 251 g/mol. The first-order valence-electron chi connectivity index (χ1n) is 6.06. The minimum atomic E-state index is -0.843. The number of aliphatic carboxylic acids is 1. The molecule has 1 aliphatic rings. The van der Waals surface area contributed by atoms with Gasteiger partial charge >= 0.3 is 5.97 Å². The van der Waals surface area contributed by atoms with Gasteiger partial charge in [0.1, 0.15) is 24.1 Å². The Morgan fingerprint density at radius 1 is 1.61 bits per heavy atom. The monoisotopic (exact) mass is 251 g/mol. The molecule has 0 fully saturated rings. The summed E-state index contributed by atoms with van der Waals surface area (Å²) in [5, 5.41) is 21.5. The third-order valence-electron chi connectivity index (χ3n) is 3.06. The number of nitrogens with one attached hydrogen (secondary N) is 1.